The van der Waals surface area contributed by atoms with E-state index in [-0.39, 0.29) is 32.1 Å². The van der Waals surface area contributed by atoms with Gasteiger partial charge in [-0.1, -0.05) is 40.7 Å². The number of terminal acetylenes is 1. The Bertz CT molecular complexity index is 544. The van der Waals surface area contributed by atoms with Gasteiger partial charge in [0.15, 0.2) is 9.84 Å². The van der Waals surface area contributed by atoms with Crippen molar-refractivity contribution in [3.63, 3.8) is 0 Å². The van der Waals surface area contributed by atoms with E-state index in [4.69, 9.17) is 41.2 Å². The molecule has 0 aliphatic carbocycles. The molecule has 0 aromatic heterocycles. The molecule has 0 saturated carbocycles. The number of hydrogen-bond donors (Lipinski definition) is 0. The third-order valence-corrected chi connectivity index (χ3v) is 4.34. The Morgan fingerprint density at radius 2 is 1.75 bits per heavy atom. The Morgan fingerprint density at radius 1 is 1.19 bits per heavy atom. The van der Waals surface area contributed by atoms with Crippen LogP contribution in [0, 0.1) is 12.3 Å². The summed E-state index contributed by atoms with van der Waals surface area (Å²) < 4.78 is 23.0. The maximum absolute atomic E-state index is 11.5. The lowest BCUT2D eigenvalue weighted by Gasteiger charge is -2.07. The van der Waals surface area contributed by atoms with Crippen molar-refractivity contribution in [2.24, 2.45) is 0 Å². The molecular formula is C10H7Cl3O2S. The summed E-state index contributed by atoms with van der Waals surface area (Å²) in [5, 5.41) is 0.668. The molecule has 0 N–H and O–H groups in total. The molecule has 0 fully saturated rings. The van der Waals surface area contributed by atoms with Crippen molar-refractivity contribution in [2.45, 2.75) is 5.75 Å². The molecule has 1 aromatic carbocycles. The standard InChI is InChI=1S/C10H7Cl3O2S/c1-2-5-16(14,15)6-7-8(11)3-4-9(12)10(7)13/h1,3-4H,5-6H2. The summed E-state index contributed by atoms with van der Waals surface area (Å²) in [6.45, 7) is 0. The van der Waals surface area contributed by atoms with E-state index in [9.17, 15) is 8.42 Å². The highest BCUT2D eigenvalue weighted by Crippen LogP contribution is 2.32. The van der Waals surface area contributed by atoms with Crippen LogP contribution in [0.25, 0.3) is 0 Å². The molecule has 0 bridgehead atoms. The second kappa shape index (κ2) is 5.29. The number of hydrogen-bond acceptors (Lipinski definition) is 2. The first-order valence-corrected chi connectivity index (χ1v) is 7.09. The Labute approximate surface area is 109 Å². The summed E-state index contributed by atoms with van der Waals surface area (Å²) in [4.78, 5) is 0. The van der Waals surface area contributed by atoms with E-state index >= 15 is 0 Å². The lowest BCUT2D eigenvalue weighted by atomic mass is 10.2. The van der Waals surface area contributed by atoms with Crippen LogP contribution in [-0.4, -0.2) is 14.2 Å². The summed E-state index contributed by atoms with van der Waals surface area (Å²) >= 11 is 17.5. The second-order valence-electron chi connectivity index (χ2n) is 3.06. The average molecular weight is 298 g/mol. The third kappa shape index (κ3) is 3.29. The summed E-state index contributed by atoms with van der Waals surface area (Å²) in [6, 6.07) is 3.00. The molecule has 86 valence electrons. The lowest BCUT2D eigenvalue weighted by Crippen LogP contribution is -2.08. The zero-order valence-electron chi connectivity index (χ0n) is 8.00. The van der Waals surface area contributed by atoms with Gasteiger partial charge >= 0.3 is 0 Å². The molecule has 6 heteroatoms. The highest BCUT2D eigenvalue weighted by Gasteiger charge is 2.17. The van der Waals surface area contributed by atoms with Crippen LogP contribution in [0.15, 0.2) is 12.1 Å². The molecular weight excluding hydrogens is 291 g/mol. The van der Waals surface area contributed by atoms with E-state index in [1.165, 1.54) is 12.1 Å². The van der Waals surface area contributed by atoms with Gasteiger partial charge in [0, 0.05) is 10.6 Å². The van der Waals surface area contributed by atoms with Crippen LogP contribution < -0.4 is 0 Å². The maximum Gasteiger partial charge on any atom is 0.165 e. The van der Waals surface area contributed by atoms with Crippen LogP contribution in [0.3, 0.4) is 0 Å². The Hall–Kier alpha value is -0.400. The van der Waals surface area contributed by atoms with Gasteiger partial charge in [0.05, 0.1) is 15.8 Å². The smallest absolute Gasteiger partial charge is 0.165 e. The van der Waals surface area contributed by atoms with Gasteiger partial charge in [0.2, 0.25) is 0 Å². The van der Waals surface area contributed by atoms with Gasteiger partial charge < -0.3 is 0 Å². The minimum Gasteiger partial charge on any atom is -0.227 e. The summed E-state index contributed by atoms with van der Waals surface area (Å²) in [7, 11) is -3.41. The predicted octanol–water partition coefficient (Wildman–Crippen LogP) is 3.19. The molecule has 0 aliphatic rings. The van der Waals surface area contributed by atoms with Crippen molar-refractivity contribution in [1.29, 1.82) is 0 Å². The van der Waals surface area contributed by atoms with Gasteiger partial charge in [0.25, 0.3) is 0 Å². The Morgan fingerprint density at radius 3 is 2.31 bits per heavy atom. The van der Waals surface area contributed by atoms with Gasteiger partial charge in [-0.25, -0.2) is 8.42 Å². The molecule has 16 heavy (non-hydrogen) atoms. The van der Waals surface area contributed by atoms with E-state index in [1.807, 2.05) is 0 Å². The van der Waals surface area contributed by atoms with Crippen LogP contribution in [0.5, 0.6) is 0 Å². The van der Waals surface area contributed by atoms with Crippen molar-refractivity contribution >= 4 is 44.6 Å². The molecule has 0 spiro atoms. The van der Waals surface area contributed by atoms with E-state index in [0.717, 1.165) is 0 Å². The monoisotopic (exact) mass is 296 g/mol. The zero-order valence-corrected chi connectivity index (χ0v) is 11.1. The molecule has 1 aromatic rings. The van der Waals surface area contributed by atoms with E-state index in [2.05, 4.69) is 5.92 Å². The Balaban J connectivity index is 3.17. The van der Waals surface area contributed by atoms with Gasteiger partial charge in [-0.2, -0.15) is 0 Å². The van der Waals surface area contributed by atoms with Crippen LogP contribution in [0.2, 0.25) is 15.1 Å². The molecule has 0 unspecified atom stereocenters. The second-order valence-corrected chi connectivity index (χ2v) is 6.31. The SMILES string of the molecule is C#CCS(=O)(=O)Cc1c(Cl)ccc(Cl)c1Cl. The van der Waals surface area contributed by atoms with Crippen LogP contribution in [0.4, 0.5) is 0 Å². The van der Waals surface area contributed by atoms with Crippen molar-refractivity contribution in [3.8, 4) is 12.3 Å². The van der Waals surface area contributed by atoms with Crippen LogP contribution in [0.1, 0.15) is 5.56 Å². The van der Waals surface area contributed by atoms with Gasteiger partial charge in [-0.15, -0.1) is 6.42 Å². The topological polar surface area (TPSA) is 34.1 Å². The zero-order chi connectivity index (χ0) is 12.3. The molecule has 0 atom stereocenters. The highest BCUT2D eigenvalue weighted by molar-refractivity contribution is 7.90. The highest BCUT2D eigenvalue weighted by atomic mass is 35.5. The summed E-state index contributed by atoms with van der Waals surface area (Å²) in [5.74, 6) is 1.41. The van der Waals surface area contributed by atoms with E-state index in [1.54, 1.807) is 0 Å². The van der Waals surface area contributed by atoms with Crippen molar-refractivity contribution in [2.75, 3.05) is 5.75 Å². The Kier molecular flexibility index (Phi) is 4.52. The molecule has 2 nitrogen and oxygen atoms in total. The fraction of sp³-hybridized carbons (Fsp3) is 0.200. The first-order valence-electron chi connectivity index (χ1n) is 4.13. The fourth-order valence-corrected chi connectivity index (χ4v) is 3.03. The lowest BCUT2D eigenvalue weighted by molar-refractivity contribution is 0.598. The van der Waals surface area contributed by atoms with Crippen LogP contribution in [-0.2, 0) is 15.6 Å². The third-order valence-electron chi connectivity index (χ3n) is 1.81. The molecule has 0 radical (unpaired) electrons. The largest absolute Gasteiger partial charge is 0.227 e. The molecule has 0 saturated heterocycles. The summed E-state index contributed by atoms with van der Waals surface area (Å²) in [5.41, 5.74) is 0.283. The van der Waals surface area contributed by atoms with Crippen molar-refractivity contribution in [3.05, 3.63) is 32.8 Å². The number of sulfone groups is 1. The number of halogens is 3. The number of benzene rings is 1. The van der Waals surface area contributed by atoms with Crippen LogP contribution >= 0.6 is 34.8 Å². The minimum atomic E-state index is -3.41. The van der Waals surface area contributed by atoms with Gasteiger partial charge in [-0.05, 0) is 12.1 Å². The summed E-state index contributed by atoms with van der Waals surface area (Å²) in [6.07, 6.45) is 4.95. The number of rotatable bonds is 3. The van der Waals surface area contributed by atoms with E-state index in [0.29, 0.717) is 0 Å². The fourth-order valence-electron chi connectivity index (χ4n) is 1.10. The normalized spacial score (nSPS) is 11.1. The molecule has 0 amide bonds. The first kappa shape index (κ1) is 13.7. The maximum atomic E-state index is 11.5. The quantitative estimate of drug-likeness (QED) is 0.634. The van der Waals surface area contributed by atoms with Crippen molar-refractivity contribution < 1.29 is 8.42 Å². The molecule has 1 rings (SSSR count). The molecule has 0 heterocycles. The first-order chi connectivity index (χ1) is 7.37. The average Bonchev–Trinajstić information content (AvgIpc) is 2.19. The minimum absolute atomic E-state index is 0.148. The van der Waals surface area contributed by atoms with Gasteiger partial charge in [-0.3, -0.25) is 0 Å². The van der Waals surface area contributed by atoms with E-state index < -0.39 is 9.84 Å². The molecule has 0 aliphatic heterocycles. The van der Waals surface area contributed by atoms with Crippen molar-refractivity contribution in [1.82, 2.24) is 0 Å². The predicted molar refractivity (Wildman–Crippen MR) is 67.8 cm³/mol. The van der Waals surface area contributed by atoms with Gasteiger partial charge in [0.1, 0.15) is 5.75 Å².